The van der Waals surface area contributed by atoms with Crippen LogP contribution in [0.15, 0.2) is 94.9 Å². The zero-order valence-corrected chi connectivity index (χ0v) is 28.0. The van der Waals surface area contributed by atoms with Gasteiger partial charge in [-0.25, -0.2) is 0 Å². The van der Waals surface area contributed by atoms with Gasteiger partial charge in [0.15, 0.2) is 23.0 Å². The third kappa shape index (κ3) is 12.9. The van der Waals surface area contributed by atoms with Crippen LogP contribution in [0.5, 0.6) is 23.0 Å². The van der Waals surface area contributed by atoms with E-state index in [-0.39, 0.29) is 27.6 Å². The third-order valence-electron chi connectivity index (χ3n) is 6.84. The maximum atomic E-state index is 10.6. The largest absolute Gasteiger partial charge is 2.00 e. The summed E-state index contributed by atoms with van der Waals surface area (Å²) in [5, 5.41) is 57.6. The molecule has 0 aliphatic heterocycles. The van der Waals surface area contributed by atoms with E-state index < -0.39 is 34.9 Å². The molecule has 0 saturated heterocycles. The van der Waals surface area contributed by atoms with Crippen molar-refractivity contribution in [3.05, 3.63) is 107 Å². The van der Waals surface area contributed by atoms with E-state index in [4.69, 9.17) is 15.2 Å². The SMILES string of the molecule is CCCCCC(C=Nc1ccccc1)=Nc1ccccc1.CCc1ccc(O)c(O)c1C(=O)[O-].CCc1ccc(O)c(O)c1C(=O)[O-].[Ni+2]. The van der Waals surface area contributed by atoms with Gasteiger partial charge in [-0.3, -0.25) is 9.98 Å². The number of unbranched alkanes of at least 4 members (excludes halogenated alkanes) is 2. The first kappa shape index (κ1) is 40.9. The van der Waals surface area contributed by atoms with Crippen molar-refractivity contribution in [1.29, 1.82) is 0 Å². The van der Waals surface area contributed by atoms with Gasteiger partial charge in [0.25, 0.3) is 0 Å². The molecule has 0 aliphatic carbocycles. The van der Waals surface area contributed by atoms with Crippen LogP contribution in [-0.4, -0.2) is 44.3 Å². The summed E-state index contributed by atoms with van der Waals surface area (Å²) < 4.78 is 0. The minimum atomic E-state index is -1.48. The zero-order valence-electron chi connectivity index (χ0n) is 27.0. The van der Waals surface area contributed by atoms with Crippen LogP contribution >= 0.6 is 0 Å². The molecular formula is C37H40N2NiO8. The number of carbonyl (C=O) groups excluding carboxylic acids is 2. The fraction of sp³-hybridized carbons (Fsp3) is 0.243. The summed E-state index contributed by atoms with van der Waals surface area (Å²) in [5.74, 6) is -5.11. The number of phenolic OH excluding ortho intramolecular Hbond substituents is 2. The van der Waals surface area contributed by atoms with Crippen molar-refractivity contribution in [3.8, 4) is 23.0 Å². The molecule has 4 aromatic rings. The summed E-state index contributed by atoms with van der Waals surface area (Å²) in [6.07, 6.45) is 7.38. The van der Waals surface area contributed by atoms with E-state index in [1.807, 2.05) is 66.9 Å². The molecule has 0 amide bonds. The summed E-state index contributed by atoms with van der Waals surface area (Å²) in [4.78, 5) is 30.4. The van der Waals surface area contributed by atoms with Crippen molar-refractivity contribution in [3.63, 3.8) is 0 Å². The van der Waals surface area contributed by atoms with Gasteiger partial charge in [0.2, 0.25) is 0 Å². The molecule has 0 atom stereocenters. The predicted octanol–water partition coefficient (Wildman–Crippen LogP) is 5.79. The Morgan fingerprint density at radius 1 is 0.646 bits per heavy atom. The minimum Gasteiger partial charge on any atom is -0.545 e. The van der Waals surface area contributed by atoms with Crippen LogP contribution in [-0.2, 0) is 29.3 Å². The average Bonchev–Trinajstić information content (AvgIpc) is 3.07. The number of phenols is 4. The molecule has 0 fully saturated rings. The first-order valence-corrected chi connectivity index (χ1v) is 15.3. The molecule has 4 rings (SSSR count). The topological polar surface area (TPSA) is 186 Å². The molecule has 10 nitrogen and oxygen atoms in total. The third-order valence-corrected chi connectivity index (χ3v) is 6.84. The Morgan fingerprint density at radius 2 is 1.08 bits per heavy atom. The van der Waals surface area contributed by atoms with Gasteiger partial charge in [-0.2, -0.15) is 0 Å². The molecule has 0 spiro atoms. The van der Waals surface area contributed by atoms with Crippen molar-refractivity contribution in [2.45, 2.75) is 59.3 Å². The van der Waals surface area contributed by atoms with Crippen LogP contribution in [0.2, 0.25) is 0 Å². The fourth-order valence-electron chi connectivity index (χ4n) is 4.33. The Balaban J connectivity index is 0.000000374. The van der Waals surface area contributed by atoms with Gasteiger partial charge in [-0.05, 0) is 73.2 Å². The standard InChI is InChI=1S/C19H22N2.2C9H10O4.Ni/c1-2-3-6-15-19(21-18-13-9-5-10-14-18)16-20-17-11-7-4-8-12-17;2*1-2-5-3-4-6(10)8(11)7(5)9(12)13;/h4-5,7-14,16H,2-3,6,15H2,1H3;2*3-4,10-11H,2H2,1H3,(H,12,13);/q;;;+2/p-2. The van der Waals surface area contributed by atoms with E-state index in [1.54, 1.807) is 13.8 Å². The van der Waals surface area contributed by atoms with Crippen LogP contribution in [0.1, 0.15) is 78.3 Å². The number of benzene rings is 4. The van der Waals surface area contributed by atoms with Gasteiger partial charge in [-0.1, -0.05) is 82.1 Å². The molecule has 0 aliphatic rings. The molecule has 0 radical (unpaired) electrons. The van der Waals surface area contributed by atoms with Gasteiger partial charge >= 0.3 is 16.5 Å². The molecular weight excluding hydrogens is 659 g/mol. The first-order valence-electron chi connectivity index (χ1n) is 15.3. The second-order valence-electron chi connectivity index (χ2n) is 10.2. The van der Waals surface area contributed by atoms with E-state index in [1.165, 1.54) is 37.1 Å². The Kier molecular flexibility index (Phi) is 18.4. The van der Waals surface area contributed by atoms with E-state index in [0.717, 1.165) is 29.9 Å². The van der Waals surface area contributed by atoms with Crippen LogP contribution in [0, 0.1) is 0 Å². The van der Waals surface area contributed by atoms with Crippen molar-refractivity contribution in [2.75, 3.05) is 0 Å². The van der Waals surface area contributed by atoms with Crippen LogP contribution in [0.4, 0.5) is 11.4 Å². The van der Waals surface area contributed by atoms with E-state index >= 15 is 0 Å². The van der Waals surface area contributed by atoms with Gasteiger partial charge in [0, 0.05) is 17.3 Å². The number of aryl methyl sites for hydroxylation is 2. The van der Waals surface area contributed by atoms with E-state index in [9.17, 15) is 30.0 Å². The summed E-state index contributed by atoms with van der Waals surface area (Å²) in [7, 11) is 0. The molecule has 48 heavy (non-hydrogen) atoms. The molecule has 4 aromatic carbocycles. The molecule has 4 N–H and O–H groups in total. The van der Waals surface area contributed by atoms with Crippen LogP contribution in [0.3, 0.4) is 0 Å². The summed E-state index contributed by atoms with van der Waals surface area (Å²) in [6.45, 7) is 5.71. The molecule has 256 valence electrons. The number of rotatable bonds is 11. The Bertz CT molecular complexity index is 1590. The quantitative estimate of drug-likeness (QED) is 0.0656. The van der Waals surface area contributed by atoms with Gasteiger partial charge < -0.3 is 40.2 Å². The molecule has 0 heterocycles. The number of aromatic carboxylic acids is 2. The fourth-order valence-corrected chi connectivity index (χ4v) is 4.33. The second-order valence-corrected chi connectivity index (χ2v) is 10.2. The number of hydrogen-bond donors (Lipinski definition) is 4. The maximum Gasteiger partial charge on any atom is 2.00 e. The smallest absolute Gasteiger partial charge is 0.545 e. The average molecular weight is 699 g/mol. The van der Waals surface area contributed by atoms with Crippen molar-refractivity contribution in [1.82, 2.24) is 0 Å². The number of carbonyl (C=O) groups is 2. The number of hydrogen-bond acceptors (Lipinski definition) is 10. The Hall–Kier alpha value is -5.15. The number of carboxylic acids is 2. The Labute approximate surface area is 290 Å². The van der Waals surface area contributed by atoms with Crippen molar-refractivity contribution >= 4 is 35.2 Å². The number of carboxylic acid groups (broad SMARTS) is 2. The minimum absolute atomic E-state index is 0. The van der Waals surface area contributed by atoms with Gasteiger partial charge in [0.1, 0.15) is 0 Å². The van der Waals surface area contributed by atoms with Crippen LogP contribution < -0.4 is 10.2 Å². The number of para-hydroxylation sites is 2. The summed E-state index contributed by atoms with van der Waals surface area (Å²) in [6, 6.07) is 25.5. The van der Waals surface area contributed by atoms with Crippen molar-refractivity contribution < 1.29 is 56.7 Å². The number of aromatic hydroxyl groups is 4. The van der Waals surface area contributed by atoms with Crippen molar-refractivity contribution in [2.24, 2.45) is 9.98 Å². The monoisotopic (exact) mass is 698 g/mol. The summed E-state index contributed by atoms with van der Waals surface area (Å²) in [5.41, 5.74) is 3.21. The first-order chi connectivity index (χ1) is 22.5. The van der Waals surface area contributed by atoms with Gasteiger partial charge in [-0.15, -0.1) is 0 Å². The molecule has 0 bridgehead atoms. The van der Waals surface area contributed by atoms with E-state index in [0.29, 0.717) is 24.0 Å². The molecule has 0 unspecified atom stereocenters. The molecule has 0 aromatic heterocycles. The second kappa shape index (κ2) is 21.6. The maximum absolute atomic E-state index is 10.6. The van der Waals surface area contributed by atoms with Gasteiger partial charge in [0.05, 0.1) is 29.0 Å². The predicted molar refractivity (Wildman–Crippen MR) is 179 cm³/mol. The Morgan fingerprint density at radius 3 is 1.48 bits per heavy atom. The van der Waals surface area contributed by atoms with Crippen LogP contribution in [0.25, 0.3) is 0 Å². The van der Waals surface area contributed by atoms with E-state index in [2.05, 4.69) is 11.9 Å². The normalized spacial score (nSPS) is 10.6. The molecule has 0 saturated carbocycles. The number of nitrogens with zero attached hydrogens (tertiary/aromatic N) is 2. The molecule has 11 heteroatoms. The summed E-state index contributed by atoms with van der Waals surface area (Å²) >= 11 is 0. The zero-order chi connectivity index (χ0) is 34.8. The number of aliphatic imine (C=N–C) groups is 2.